The summed E-state index contributed by atoms with van der Waals surface area (Å²) in [4.78, 5) is 27.2. The highest BCUT2D eigenvalue weighted by molar-refractivity contribution is 8.00. The molecule has 0 bridgehead atoms. The summed E-state index contributed by atoms with van der Waals surface area (Å²) in [5, 5.41) is 18.4. The van der Waals surface area contributed by atoms with Crippen LogP contribution in [0.25, 0.3) is 11.0 Å². The lowest BCUT2D eigenvalue weighted by atomic mass is 10.0. The molecule has 3 N–H and O–H groups in total. The predicted octanol–water partition coefficient (Wildman–Crippen LogP) is 2.37. The molecule has 0 saturated carbocycles. The van der Waals surface area contributed by atoms with Crippen molar-refractivity contribution < 1.29 is 14.6 Å². The number of anilines is 1. The number of nitrogens with one attached hydrogen (secondary N) is 2. The summed E-state index contributed by atoms with van der Waals surface area (Å²) >= 11 is 1.47. The van der Waals surface area contributed by atoms with Gasteiger partial charge in [0.1, 0.15) is 5.03 Å². The molecule has 0 unspecified atom stereocenters. The van der Waals surface area contributed by atoms with Crippen molar-refractivity contribution >= 4 is 34.4 Å². The Hall–Kier alpha value is -2.79. The first-order valence-electron chi connectivity index (χ1n) is 11.4. The van der Waals surface area contributed by atoms with Crippen LogP contribution in [-0.4, -0.2) is 69.4 Å². The van der Waals surface area contributed by atoms with Crippen LogP contribution in [0, 0.1) is 0 Å². The van der Waals surface area contributed by atoms with Crippen LogP contribution >= 0.6 is 11.8 Å². The Morgan fingerprint density at radius 1 is 1.29 bits per heavy atom. The maximum absolute atomic E-state index is 11.6. The fourth-order valence-electron chi connectivity index (χ4n) is 4.45. The molecule has 0 radical (unpaired) electrons. The average Bonchev–Trinajstić information content (AvgIpc) is 2.87. The number of amides is 1. The first-order valence-corrected chi connectivity index (χ1v) is 12.4. The number of piperidine rings is 1. The maximum Gasteiger partial charge on any atom is 0.234 e. The summed E-state index contributed by atoms with van der Waals surface area (Å²) in [7, 11) is 1.58. The normalized spacial score (nSPS) is 17.9. The van der Waals surface area contributed by atoms with E-state index >= 15 is 0 Å². The highest BCUT2D eigenvalue weighted by Gasteiger charge is 2.23. The van der Waals surface area contributed by atoms with Crippen LogP contribution in [0.15, 0.2) is 41.7 Å². The largest absolute Gasteiger partial charge is 0.481 e. The summed E-state index contributed by atoms with van der Waals surface area (Å²) < 4.78 is 5.24. The molecule has 9 nitrogen and oxygen atoms in total. The Kier molecular flexibility index (Phi) is 6.91. The first-order chi connectivity index (χ1) is 16.6. The minimum atomic E-state index is -0.649. The van der Waals surface area contributed by atoms with Crippen LogP contribution in [0.3, 0.4) is 0 Å². The molecule has 3 aromatic rings. The summed E-state index contributed by atoms with van der Waals surface area (Å²) in [6.07, 6.45) is 4.94. The molecule has 1 amide bonds. The van der Waals surface area contributed by atoms with Gasteiger partial charge in [0.25, 0.3) is 0 Å². The molecule has 5 rings (SSSR count). The second-order valence-electron chi connectivity index (χ2n) is 8.63. The van der Waals surface area contributed by atoms with E-state index in [1.807, 2.05) is 24.4 Å². The van der Waals surface area contributed by atoms with Gasteiger partial charge in [-0.05, 0) is 49.7 Å². The van der Waals surface area contributed by atoms with Gasteiger partial charge in [0.05, 0.1) is 35.7 Å². The molecule has 0 aliphatic carbocycles. The average molecular weight is 481 g/mol. The van der Waals surface area contributed by atoms with E-state index in [2.05, 4.69) is 30.5 Å². The van der Waals surface area contributed by atoms with Crippen LogP contribution < -0.4 is 15.4 Å². The second-order valence-corrected chi connectivity index (χ2v) is 9.59. The summed E-state index contributed by atoms with van der Waals surface area (Å²) in [6, 6.07) is 7.88. The van der Waals surface area contributed by atoms with Gasteiger partial charge in [-0.15, -0.1) is 0 Å². The number of aliphatic hydroxyl groups is 1. The Labute approximate surface area is 202 Å². The molecule has 5 heterocycles. The highest BCUT2D eigenvalue weighted by atomic mass is 32.2. The van der Waals surface area contributed by atoms with Crippen molar-refractivity contribution in [3.63, 3.8) is 0 Å². The zero-order valence-corrected chi connectivity index (χ0v) is 19.8. The van der Waals surface area contributed by atoms with E-state index in [1.54, 1.807) is 19.4 Å². The third kappa shape index (κ3) is 5.15. The lowest BCUT2D eigenvalue weighted by Gasteiger charge is -2.33. The zero-order chi connectivity index (χ0) is 23.5. The number of likely N-dealkylation sites (tertiary alicyclic amines) is 1. The number of hydrogen-bond donors (Lipinski definition) is 3. The van der Waals surface area contributed by atoms with Gasteiger partial charge in [0.15, 0.2) is 0 Å². The number of hydrogen-bond acceptors (Lipinski definition) is 9. The van der Waals surface area contributed by atoms with Gasteiger partial charge in [-0.3, -0.25) is 9.78 Å². The molecule has 0 aromatic carbocycles. The molecule has 1 fully saturated rings. The van der Waals surface area contributed by atoms with E-state index in [0.29, 0.717) is 36.3 Å². The topological polar surface area (TPSA) is 113 Å². The van der Waals surface area contributed by atoms with Crippen LogP contribution in [0.5, 0.6) is 5.88 Å². The fraction of sp³-hybridized carbons (Fsp3) is 0.417. The van der Waals surface area contributed by atoms with Gasteiger partial charge in [-0.25, -0.2) is 9.97 Å². The van der Waals surface area contributed by atoms with Crippen molar-refractivity contribution in [1.29, 1.82) is 0 Å². The van der Waals surface area contributed by atoms with Crippen LogP contribution in [0.1, 0.15) is 30.1 Å². The third-order valence-corrected chi connectivity index (χ3v) is 7.30. The lowest BCUT2D eigenvalue weighted by molar-refractivity contribution is -0.113. The van der Waals surface area contributed by atoms with E-state index in [4.69, 9.17) is 4.74 Å². The molecule has 1 saturated heterocycles. The second kappa shape index (κ2) is 10.2. The Morgan fingerprint density at radius 3 is 2.97 bits per heavy atom. The lowest BCUT2D eigenvalue weighted by Crippen LogP contribution is -2.43. The standard InChI is InChI=1S/C24H28N6O3S/c1-33-22-3-2-18-23(29-22)17(4-7-25-18)20(31)13-30-8-5-16(6-9-30)26-11-15-10-19-24(27-12-15)34-14-21(32)28-19/h2-4,7,10,12,16,20,26,31H,5-6,8-9,11,13-14H2,1H3,(H,28,32)/t20-/m0/s1. The van der Waals surface area contributed by atoms with Gasteiger partial charge in [-0.2, -0.15) is 0 Å². The Bertz CT molecular complexity index is 1180. The van der Waals surface area contributed by atoms with Crippen molar-refractivity contribution in [3.05, 3.63) is 47.8 Å². The maximum atomic E-state index is 11.6. The fourth-order valence-corrected chi connectivity index (χ4v) is 5.18. The first kappa shape index (κ1) is 23.0. The van der Waals surface area contributed by atoms with Gasteiger partial charge in [0.2, 0.25) is 11.8 Å². The van der Waals surface area contributed by atoms with Gasteiger partial charge < -0.3 is 25.4 Å². The number of fused-ring (bicyclic) bond motifs is 2. The number of β-amino-alcohol motifs (C(OH)–C–C–N with tert-alkyl or cyclic N) is 1. The minimum absolute atomic E-state index is 0.0219. The summed E-state index contributed by atoms with van der Waals surface area (Å²) in [6.45, 7) is 3.08. The number of methoxy groups -OCH3 is 1. The van der Waals surface area contributed by atoms with Crippen molar-refractivity contribution in [2.24, 2.45) is 0 Å². The molecular weight excluding hydrogens is 452 g/mol. The zero-order valence-electron chi connectivity index (χ0n) is 19.0. The number of thioether (sulfide) groups is 1. The number of carbonyl (C=O) groups excluding carboxylic acids is 1. The Balaban J connectivity index is 1.14. The van der Waals surface area contributed by atoms with Gasteiger partial charge in [-0.1, -0.05) is 11.8 Å². The number of pyridine rings is 3. The van der Waals surface area contributed by atoms with Crippen molar-refractivity contribution in [2.75, 3.05) is 37.8 Å². The minimum Gasteiger partial charge on any atom is -0.481 e. The smallest absolute Gasteiger partial charge is 0.234 e. The summed E-state index contributed by atoms with van der Waals surface area (Å²) in [5.41, 5.74) is 4.07. The number of aliphatic hydroxyl groups excluding tert-OH is 1. The number of nitrogens with zero attached hydrogens (tertiary/aromatic N) is 4. The van der Waals surface area contributed by atoms with E-state index in [9.17, 15) is 9.90 Å². The quantitative estimate of drug-likeness (QED) is 0.469. The highest BCUT2D eigenvalue weighted by Crippen LogP contribution is 2.30. The molecule has 34 heavy (non-hydrogen) atoms. The molecule has 3 aromatic heterocycles. The van der Waals surface area contributed by atoms with E-state index in [0.717, 1.165) is 53.3 Å². The monoisotopic (exact) mass is 480 g/mol. The van der Waals surface area contributed by atoms with Gasteiger partial charge in [0, 0.05) is 43.2 Å². The summed E-state index contributed by atoms with van der Waals surface area (Å²) in [5.74, 6) is 0.956. The van der Waals surface area contributed by atoms with Crippen LogP contribution in [-0.2, 0) is 11.3 Å². The van der Waals surface area contributed by atoms with E-state index in [-0.39, 0.29) is 5.91 Å². The molecular formula is C24H28N6O3S. The van der Waals surface area contributed by atoms with E-state index < -0.39 is 6.10 Å². The van der Waals surface area contributed by atoms with Gasteiger partial charge >= 0.3 is 0 Å². The number of rotatable bonds is 7. The van der Waals surface area contributed by atoms with Crippen molar-refractivity contribution in [2.45, 2.75) is 36.6 Å². The number of ether oxygens (including phenoxy) is 1. The van der Waals surface area contributed by atoms with Crippen LogP contribution in [0.4, 0.5) is 5.69 Å². The van der Waals surface area contributed by atoms with Crippen molar-refractivity contribution in [3.8, 4) is 5.88 Å². The molecule has 1 atom stereocenters. The molecule has 178 valence electrons. The molecule has 2 aliphatic rings. The van der Waals surface area contributed by atoms with Crippen molar-refractivity contribution in [1.82, 2.24) is 25.2 Å². The predicted molar refractivity (Wildman–Crippen MR) is 131 cm³/mol. The molecule has 10 heteroatoms. The number of aromatic nitrogens is 3. The SMILES string of the molecule is COc1ccc2nccc([C@@H](O)CN3CCC(NCc4cnc5c(c4)NC(=O)CS5)CC3)c2n1. The molecule has 0 spiro atoms. The van der Waals surface area contributed by atoms with Crippen LogP contribution in [0.2, 0.25) is 0 Å². The van der Waals surface area contributed by atoms with E-state index in [1.165, 1.54) is 11.8 Å². The third-order valence-electron chi connectivity index (χ3n) is 6.29. The molecule has 2 aliphatic heterocycles. The number of carbonyl (C=O) groups is 1. The Morgan fingerprint density at radius 2 is 2.15 bits per heavy atom.